The highest BCUT2D eigenvalue weighted by atomic mass is 16.1. The molecule has 0 saturated carbocycles. The Morgan fingerprint density at radius 2 is 2.08 bits per heavy atom. The summed E-state index contributed by atoms with van der Waals surface area (Å²) >= 11 is 0. The Morgan fingerprint density at radius 3 is 2.83 bits per heavy atom. The number of benzene rings is 1. The van der Waals surface area contributed by atoms with Gasteiger partial charge in [0.1, 0.15) is 0 Å². The second-order valence-electron chi connectivity index (χ2n) is 6.32. The quantitative estimate of drug-likeness (QED) is 0.544. The first kappa shape index (κ1) is 14.9. The van der Waals surface area contributed by atoms with Gasteiger partial charge in [-0.05, 0) is 49.6 Å². The molecule has 0 fully saturated rings. The van der Waals surface area contributed by atoms with Gasteiger partial charge in [0.25, 0.3) is 5.56 Å². The minimum Gasteiger partial charge on any atom is -0.302 e. The van der Waals surface area contributed by atoms with Crippen LogP contribution < -0.4 is 5.56 Å². The summed E-state index contributed by atoms with van der Waals surface area (Å²) in [5.74, 6) is 0. The summed E-state index contributed by atoms with van der Waals surface area (Å²) in [6, 6.07) is 12.4. The highest BCUT2D eigenvalue weighted by molar-refractivity contribution is 5.84. The van der Waals surface area contributed by atoms with E-state index in [1.54, 1.807) is 0 Å². The summed E-state index contributed by atoms with van der Waals surface area (Å²) in [5, 5.41) is 1.12. The molecule has 0 N–H and O–H groups in total. The van der Waals surface area contributed by atoms with Crippen LogP contribution in [0.4, 0.5) is 0 Å². The molecular weight excluding hydrogens is 296 g/mol. The Balaban J connectivity index is 2.02. The highest BCUT2D eigenvalue weighted by Crippen LogP contribution is 2.34. The Morgan fingerprint density at radius 1 is 1.29 bits per heavy atom. The van der Waals surface area contributed by atoms with Gasteiger partial charge in [-0.3, -0.25) is 4.79 Å². The van der Waals surface area contributed by atoms with Crippen LogP contribution in [0.3, 0.4) is 0 Å². The second-order valence-corrected chi connectivity index (χ2v) is 6.32. The van der Waals surface area contributed by atoms with Gasteiger partial charge in [0.2, 0.25) is 0 Å². The average molecular weight is 316 g/mol. The van der Waals surface area contributed by atoms with Crippen molar-refractivity contribution in [2.75, 3.05) is 0 Å². The second kappa shape index (κ2) is 5.45. The lowest BCUT2D eigenvalue weighted by Gasteiger charge is -2.12. The third-order valence-electron chi connectivity index (χ3n) is 4.99. The summed E-state index contributed by atoms with van der Waals surface area (Å²) in [6.45, 7) is 6.69. The molecule has 24 heavy (non-hydrogen) atoms. The third kappa shape index (κ3) is 2.04. The molecule has 0 spiro atoms. The predicted octanol–water partition coefficient (Wildman–Crippen LogP) is 4.55. The van der Waals surface area contributed by atoms with Gasteiger partial charge in [0.15, 0.2) is 0 Å². The molecule has 3 nitrogen and oxygen atoms in total. The van der Waals surface area contributed by atoms with Gasteiger partial charge >= 0.3 is 0 Å². The van der Waals surface area contributed by atoms with Crippen molar-refractivity contribution < 1.29 is 0 Å². The minimum atomic E-state index is 0.0948. The van der Waals surface area contributed by atoms with Crippen molar-refractivity contribution in [2.24, 2.45) is 0 Å². The molecule has 3 heterocycles. The molecule has 1 aliphatic heterocycles. The van der Waals surface area contributed by atoms with E-state index < -0.39 is 0 Å². The minimum absolute atomic E-state index is 0.0948. The number of hydrogen-bond donors (Lipinski definition) is 0. The zero-order valence-corrected chi connectivity index (χ0v) is 14.3. The Bertz CT molecular complexity index is 1060. The standard InChI is InChI=1S/C21H20N2O/c1-4-14(5-2)17-11-19-20-16(12-23(19)21(24)13(17)3)10-15-8-6-7-9-18(15)22-20/h4,6-11H,5,12H2,1-3H3/b14-4-. The van der Waals surface area contributed by atoms with Crippen LogP contribution in [0.2, 0.25) is 0 Å². The van der Waals surface area contributed by atoms with E-state index in [0.29, 0.717) is 6.54 Å². The van der Waals surface area contributed by atoms with Crippen LogP contribution in [0.15, 0.2) is 47.3 Å². The number of hydrogen-bond acceptors (Lipinski definition) is 2. The average Bonchev–Trinajstić information content (AvgIpc) is 2.96. The summed E-state index contributed by atoms with van der Waals surface area (Å²) in [4.78, 5) is 17.7. The molecule has 2 aromatic heterocycles. The van der Waals surface area contributed by atoms with Crippen LogP contribution >= 0.6 is 0 Å². The fraction of sp³-hybridized carbons (Fsp3) is 0.238. The zero-order chi connectivity index (χ0) is 16.8. The monoisotopic (exact) mass is 316 g/mol. The smallest absolute Gasteiger partial charge is 0.254 e. The summed E-state index contributed by atoms with van der Waals surface area (Å²) in [5.41, 5.74) is 7.17. The number of para-hydroxylation sites is 1. The fourth-order valence-corrected chi connectivity index (χ4v) is 3.66. The molecule has 3 heteroatoms. The molecule has 1 aliphatic rings. The Labute approximate surface area is 141 Å². The van der Waals surface area contributed by atoms with Gasteiger partial charge in [-0.1, -0.05) is 31.2 Å². The number of allylic oxidation sites excluding steroid dienone is 2. The molecule has 0 atom stereocenters. The maximum absolute atomic E-state index is 12.9. The van der Waals surface area contributed by atoms with Crippen LogP contribution in [-0.4, -0.2) is 9.55 Å². The van der Waals surface area contributed by atoms with Crippen LogP contribution in [0.5, 0.6) is 0 Å². The van der Waals surface area contributed by atoms with Crippen molar-refractivity contribution in [2.45, 2.75) is 33.7 Å². The first-order valence-electron chi connectivity index (χ1n) is 8.43. The number of aromatic nitrogens is 2. The van der Waals surface area contributed by atoms with Crippen LogP contribution in [0.1, 0.15) is 37.0 Å². The molecule has 0 radical (unpaired) electrons. The lowest BCUT2D eigenvalue weighted by molar-refractivity contribution is 0.794. The largest absolute Gasteiger partial charge is 0.302 e. The van der Waals surface area contributed by atoms with Crippen LogP contribution in [-0.2, 0) is 6.54 Å². The van der Waals surface area contributed by atoms with E-state index in [2.05, 4.69) is 31.2 Å². The molecule has 0 aliphatic carbocycles. The number of nitrogens with zero attached hydrogens (tertiary/aromatic N) is 2. The normalized spacial score (nSPS) is 13.2. The number of pyridine rings is 2. The molecule has 0 amide bonds. The van der Waals surface area contributed by atoms with E-state index in [4.69, 9.17) is 4.98 Å². The Kier molecular flexibility index (Phi) is 3.38. The maximum Gasteiger partial charge on any atom is 0.254 e. The summed E-state index contributed by atoms with van der Waals surface area (Å²) in [6.07, 6.45) is 3.01. The molecular formula is C21H20N2O. The first-order chi connectivity index (χ1) is 11.6. The molecule has 0 saturated heterocycles. The van der Waals surface area contributed by atoms with E-state index in [1.807, 2.05) is 36.6 Å². The maximum atomic E-state index is 12.9. The van der Waals surface area contributed by atoms with E-state index in [-0.39, 0.29) is 5.56 Å². The molecule has 120 valence electrons. The SMILES string of the molecule is C/C=C(/CC)c1cc2n(c(=O)c1C)Cc1cc3ccccc3nc1-2. The van der Waals surface area contributed by atoms with E-state index in [1.165, 1.54) is 5.57 Å². The number of fused-ring (bicyclic) bond motifs is 4. The highest BCUT2D eigenvalue weighted by Gasteiger charge is 2.24. The fourth-order valence-electron chi connectivity index (χ4n) is 3.66. The zero-order valence-electron chi connectivity index (χ0n) is 14.3. The van der Waals surface area contributed by atoms with Crippen LogP contribution in [0, 0.1) is 6.92 Å². The Hall–Kier alpha value is -2.68. The molecule has 0 unspecified atom stereocenters. The van der Waals surface area contributed by atoms with Gasteiger partial charge in [0, 0.05) is 16.5 Å². The van der Waals surface area contributed by atoms with Gasteiger partial charge in [-0.15, -0.1) is 0 Å². The lowest BCUT2D eigenvalue weighted by Crippen LogP contribution is -2.22. The number of rotatable bonds is 2. The first-order valence-corrected chi connectivity index (χ1v) is 8.43. The van der Waals surface area contributed by atoms with Gasteiger partial charge in [-0.2, -0.15) is 0 Å². The summed E-state index contributed by atoms with van der Waals surface area (Å²) < 4.78 is 1.86. The molecule has 4 rings (SSSR count). The third-order valence-corrected chi connectivity index (χ3v) is 4.99. The van der Waals surface area contributed by atoms with Crippen molar-refractivity contribution in [3.05, 3.63) is 69.5 Å². The van der Waals surface area contributed by atoms with Crippen LogP contribution in [0.25, 0.3) is 27.9 Å². The van der Waals surface area contributed by atoms with Crippen molar-refractivity contribution in [3.8, 4) is 11.4 Å². The van der Waals surface area contributed by atoms with E-state index in [9.17, 15) is 4.79 Å². The van der Waals surface area contributed by atoms with Gasteiger partial charge in [0.05, 0.1) is 23.4 Å². The van der Waals surface area contributed by atoms with Gasteiger partial charge < -0.3 is 4.57 Å². The van der Waals surface area contributed by atoms with Crippen molar-refractivity contribution in [1.82, 2.24) is 9.55 Å². The lowest BCUT2D eigenvalue weighted by atomic mass is 9.98. The van der Waals surface area contributed by atoms with E-state index in [0.717, 1.165) is 45.4 Å². The molecule has 1 aromatic carbocycles. The topological polar surface area (TPSA) is 34.9 Å². The summed E-state index contributed by atoms with van der Waals surface area (Å²) in [7, 11) is 0. The molecule has 3 aromatic rings. The van der Waals surface area contributed by atoms with Crippen molar-refractivity contribution >= 4 is 16.5 Å². The van der Waals surface area contributed by atoms with Crippen molar-refractivity contribution in [1.29, 1.82) is 0 Å². The molecule has 0 bridgehead atoms. The van der Waals surface area contributed by atoms with E-state index >= 15 is 0 Å². The predicted molar refractivity (Wildman–Crippen MR) is 99.2 cm³/mol. The van der Waals surface area contributed by atoms with Crippen molar-refractivity contribution in [3.63, 3.8) is 0 Å². The van der Waals surface area contributed by atoms with Gasteiger partial charge in [-0.25, -0.2) is 4.98 Å².